The second kappa shape index (κ2) is 4.41. The van der Waals surface area contributed by atoms with Crippen LogP contribution in [0.1, 0.15) is 18.9 Å². The van der Waals surface area contributed by atoms with E-state index in [1.165, 1.54) is 0 Å². The number of phenolic OH excluding ortho intramolecular Hbond substituents is 1. The summed E-state index contributed by atoms with van der Waals surface area (Å²) >= 11 is 0. The smallest absolute Gasteiger partial charge is 0.196 e. The van der Waals surface area contributed by atoms with Crippen molar-refractivity contribution in [3.8, 4) is 5.75 Å². The average Bonchev–Trinajstić information content (AvgIpc) is 2.62. The number of hydrogen-bond acceptors (Lipinski definition) is 4. The minimum Gasteiger partial charge on any atom is -0.507 e. The van der Waals surface area contributed by atoms with Crippen molar-refractivity contribution in [2.75, 3.05) is 13.2 Å². The molecule has 16 heavy (non-hydrogen) atoms. The largest absolute Gasteiger partial charge is 0.507 e. The predicted molar refractivity (Wildman–Crippen MR) is 60.0 cm³/mol. The molecule has 0 saturated carbocycles. The zero-order valence-corrected chi connectivity index (χ0v) is 9.35. The molecule has 4 heteroatoms. The van der Waals surface area contributed by atoms with Gasteiger partial charge in [-0.05, 0) is 32.0 Å². The van der Waals surface area contributed by atoms with Crippen molar-refractivity contribution < 1.29 is 14.6 Å². The zero-order valence-electron chi connectivity index (χ0n) is 9.35. The molecule has 0 aliphatic carbocycles. The van der Waals surface area contributed by atoms with Crippen LogP contribution in [-0.2, 0) is 15.3 Å². The molecule has 2 unspecified atom stereocenters. The van der Waals surface area contributed by atoms with E-state index in [-0.39, 0.29) is 11.9 Å². The van der Waals surface area contributed by atoms with Gasteiger partial charge in [-0.3, -0.25) is 0 Å². The Morgan fingerprint density at radius 2 is 2.25 bits per heavy atom. The summed E-state index contributed by atoms with van der Waals surface area (Å²) in [6.45, 7) is 2.91. The first-order valence-electron chi connectivity index (χ1n) is 5.46. The van der Waals surface area contributed by atoms with E-state index in [9.17, 15) is 5.11 Å². The van der Waals surface area contributed by atoms with E-state index in [1.807, 2.05) is 13.0 Å². The van der Waals surface area contributed by atoms with Gasteiger partial charge < -0.3 is 20.3 Å². The summed E-state index contributed by atoms with van der Waals surface area (Å²) in [7, 11) is 0. The maximum absolute atomic E-state index is 9.77. The van der Waals surface area contributed by atoms with Gasteiger partial charge in [0.15, 0.2) is 5.79 Å². The van der Waals surface area contributed by atoms with E-state index >= 15 is 0 Å². The van der Waals surface area contributed by atoms with Crippen LogP contribution in [0.15, 0.2) is 24.3 Å². The summed E-state index contributed by atoms with van der Waals surface area (Å²) in [6.07, 6.45) is 0.776. The van der Waals surface area contributed by atoms with Gasteiger partial charge in [-0.25, -0.2) is 0 Å². The van der Waals surface area contributed by atoms with E-state index in [1.54, 1.807) is 18.2 Å². The van der Waals surface area contributed by atoms with Gasteiger partial charge in [0, 0.05) is 0 Å². The molecular weight excluding hydrogens is 206 g/mol. The molecule has 1 saturated heterocycles. The minimum absolute atomic E-state index is 0.00889. The van der Waals surface area contributed by atoms with Crippen LogP contribution in [0.5, 0.6) is 5.75 Å². The van der Waals surface area contributed by atoms with Gasteiger partial charge in [0.1, 0.15) is 5.75 Å². The number of ether oxygens (including phenoxy) is 2. The Kier molecular flexibility index (Phi) is 3.14. The number of nitrogens with two attached hydrogens (primary N) is 1. The molecule has 1 fully saturated rings. The van der Waals surface area contributed by atoms with Crippen molar-refractivity contribution in [3.63, 3.8) is 0 Å². The van der Waals surface area contributed by atoms with Crippen LogP contribution in [-0.4, -0.2) is 24.4 Å². The molecule has 4 nitrogen and oxygen atoms in total. The van der Waals surface area contributed by atoms with Gasteiger partial charge in [0.05, 0.1) is 18.3 Å². The number of benzene rings is 1. The summed E-state index contributed by atoms with van der Waals surface area (Å²) in [6, 6.07) is 7.06. The van der Waals surface area contributed by atoms with Crippen molar-refractivity contribution in [1.82, 2.24) is 0 Å². The van der Waals surface area contributed by atoms with Crippen molar-refractivity contribution in [1.29, 1.82) is 0 Å². The topological polar surface area (TPSA) is 64.7 Å². The van der Waals surface area contributed by atoms with Crippen LogP contribution in [0.4, 0.5) is 0 Å². The molecule has 1 aliphatic rings. The highest BCUT2D eigenvalue weighted by Gasteiger charge is 2.40. The highest BCUT2D eigenvalue weighted by molar-refractivity contribution is 5.35. The number of para-hydroxylation sites is 1. The molecule has 88 valence electrons. The maximum atomic E-state index is 9.77. The second-order valence-electron chi connectivity index (χ2n) is 4.09. The summed E-state index contributed by atoms with van der Waals surface area (Å²) < 4.78 is 11.4. The van der Waals surface area contributed by atoms with E-state index in [0.29, 0.717) is 18.7 Å². The first-order valence-corrected chi connectivity index (χ1v) is 5.46. The van der Waals surface area contributed by atoms with Crippen LogP contribution in [0.3, 0.4) is 0 Å². The second-order valence-corrected chi connectivity index (χ2v) is 4.09. The summed E-state index contributed by atoms with van der Waals surface area (Å²) in [5, 5.41) is 9.77. The standard InChI is InChI=1S/C12H17NO3/c1-12(10-4-2-3-5-11(10)14)15-8-9(16-12)6-7-13/h2-5,9,14H,6-8,13H2,1H3. The summed E-state index contributed by atoms with van der Waals surface area (Å²) in [5.74, 6) is -0.663. The maximum Gasteiger partial charge on any atom is 0.196 e. The molecule has 1 heterocycles. The molecule has 1 aromatic carbocycles. The fourth-order valence-corrected chi connectivity index (χ4v) is 1.97. The number of phenols is 1. The number of hydrogen-bond donors (Lipinski definition) is 2. The lowest BCUT2D eigenvalue weighted by molar-refractivity contribution is -0.163. The lowest BCUT2D eigenvalue weighted by atomic mass is 10.1. The average molecular weight is 223 g/mol. The van der Waals surface area contributed by atoms with E-state index in [0.717, 1.165) is 6.42 Å². The Hall–Kier alpha value is -1.10. The van der Waals surface area contributed by atoms with E-state index in [4.69, 9.17) is 15.2 Å². The van der Waals surface area contributed by atoms with Crippen LogP contribution >= 0.6 is 0 Å². The Morgan fingerprint density at radius 3 is 2.94 bits per heavy atom. The number of aromatic hydroxyl groups is 1. The third-order valence-corrected chi connectivity index (χ3v) is 2.82. The van der Waals surface area contributed by atoms with Crippen LogP contribution in [0.2, 0.25) is 0 Å². The Morgan fingerprint density at radius 1 is 1.50 bits per heavy atom. The van der Waals surface area contributed by atoms with Crippen molar-refractivity contribution >= 4 is 0 Å². The van der Waals surface area contributed by atoms with E-state index < -0.39 is 5.79 Å². The van der Waals surface area contributed by atoms with E-state index in [2.05, 4.69) is 0 Å². The molecule has 3 N–H and O–H groups in total. The Balaban J connectivity index is 2.18. The highest BCUT2D eigenvalue weighted by atomic mass is 16.7. The monoisotopic (exact) mass is 223 g/mol. The normalized spacial score (nSPS) is 29.5. The van der Waals surface area contributed by atoms with Crippen LogP contribution < -0.4 is 5.73 Å². The minimum atomic E-state index is -0.856. The summed E-state index contributed by atoms with van der Waals surface area (Å²) in [4.78, 5) is 0. The molecule has 0 radical (unpaired) electrons. The molecule has 1 aromatic rings. The predicted octanol–water partition coefficient (Wildman–Crippen LogP) is 1.33. The SMILES string of the molecule is CC1(c2ccccc2O)OCC(CCN)O1. The molecule has 2 rings (SSSR count). The van der Waals surface area contributed by atoms with Crippen molar-refractivity contribution in [3.05, 3.63) is 29.8 Å². The summed E-state index contributed by atoms with van der Waals surface area (Å²) in [5.41, 5.74) is 6.14. The third kappa shape index (κ3) is 2.04. The highest BCUT2D eigenvalue weighted by Crippen LogP contribution is 2.38. The van der Waals surface area contributed by atoms with Gasteiger partial charge in [-0.2, -0.15) is 0 Å². The van der Waals surface area contributed by atoms with Gasteiger partial charge in [0.25, 0.3) is 0 Å². The first-order chi connectivity index (χ1) is 7.65. The van der Waals surface area contributed by atoms with Crippen molar-refractivity contribution in [2.24, 2.45) is 5.73 Å². The molecule has 0 amide bonds. The van der Waals surface area contributed by atoms with Crippen LogP contribution in [0.25, 0.3) is 0 Å². The van der Waals surface area contributed by atoms with Gasteiger partial charge >= 0.3 is 0 Å². The Labute approximate surface area is 95.0 Å². The molecule has 0 bridgehead atoms. The first kappa shape index (κ1) is 11.4. The van der Waals surface area contributed by atoms with Gasteiger partial charge in [0.2, 0.25) is 0 Å². The quantitative estimate of drug-likeness (QED) is 0.811. The lowest BCUT2D eigenvalue weighted by Crippen LogP contribution is -2.24. The third-order valence-electron chi connectivity index (χ3n) is 2.82. The van der Waals surface area contributed by atoms with Crippen molar-refractivity contribution in [2.45, 2.75) is 25.2 Å². The molecule has 2 atom stereocenters. The number of rotatable bonds is 3. The van der Waals surface area contributed by atoms with Gasteiger partial charge in [-0.15, -0.1) is 0 Å². The molecular formula is C12H17NO3. The molecule has 1 aliphatic heterocycles. The lowest BCUT2D eigenvalue weighted by Gasteiger charge is -2.24. The fourth-order valence-electron chi connectivity index (χ4n) is 1.97. The fraction of sp³-hybridized carbons (Fsp3) is 0.500. The molecule has 0 spiro atoms. The Bertz CT molecular complexity index is 369. The van der Waals surface area contributed by atoms with Gasteiger partial charge in [-0.1, -0.05) is 12.1 Å². The molecule has 0 aromatic heterocycles. The zero-order chi connectivity index (χ0) is 11.6. The van der Waals surface area contributed by atoms with Crippen LogP contribution in [0, 0.1) is 0 Å².